The van der Waals surface area contributed by atoms with Gasteiger partial charge in [-0.25, -0.2) is 4.98 Å². The standard InChI is InChI=1S/C18H10F2N6S/c19-18(20,12-5-6-13-11(9-12)3-1-7-21-13)16-23-24-17-22-10-14(25-26(16)17)15-4-2-8-27-15/h1-10H. The average molecular weight is 380 g/mol. The van der Waals surface area contributed by atoms with E-state index in [1.165, 1.54) is 29.7 Å². The lowest BCUT2D eigenvalue weighted by Crippen LogP contribution is -2.20. The Kier molecular flexibility index (Phi) is 3.44. The minimum atomic E-state index is -3.40. The van der Waals surface area contributed by atoms with Crippen LogP contribution in [-0.2, 0) is 5.92 Å². The van der Waals surface area contributed by atoms with Gasteiger partial charge in [0.1, 0.15) is 5.69 Å². The van der Waals surface area contributed by atoms with Gasteiger partial charge in [-0.05, 0) is 29.6 Å². The molecule has 132 valence electrons. The Morgan fingerprint density at radius 3 is 2.78 bits per heavy atom. The van der Waals surface area contributed by atoms with Crippen molar-refractivity contribution < 1.29 is 8.78 Å². The molecule has 0 saturated carbocycles. The average Bonchev–Trinajstić information content (AvgIpc) is 3.37. The van der Waals surface area contributed by atoms with Gasteiger partial charge in [0.2, 0.25) is 5.82 Å². The molecule has 0 radical (unpaired) electrons. The topological polar surface area (TPSA) is 68.9 Å². The lowest BCUT2D eigenvalue weighted by atomic mass is 10.0. The molecule has 0 spiro atoms. The zero-order valence-corrected chi connectivity index (χ0v) is 14.4. The Bertz CT molecular complexity index is 1270. The van der Waals surface area contributed by atoms with Gasteiger partial charge in [-0.2, -0.15) is 18.4 Å². The SMILES string of the molecule is FC(F)(c1ccc2ncccc2c1)c1nnc2ncc(-c3cccs3)nn12. The lowest BCUT2D eigenvalue weighted by molar-refractivity contribution is 0.0307. The number of alkyl halides is 2. The first-order valence-corrected chi connectivity index (χ1v) is 8.87. The number of thiophene rings is 1. The van der Waals surface area contributed by atoms with Crippen molar-refractivity contribution in [2.45, 2.75) is 5.92 Å². The van der Waals surface area contributed by atoms with Crippen molar-refractivity contribution in [2.24, 2.45) is 0 Å². The van der Waals surface area contributed by atoms with E-state index < -0.39 is 11.7 Å². The zero-order valence-electron chi connectivity index (χ0n) is 13.6. The van der Waals surface area contributed by atoms with Gasteiger partial charge in [0.05, 0.1) is 16.6 Å². The summed E-state index contributed by atoms with van der Waals surface area (Å²) in [7, 11) is 0. The van der Waals surface area contributed by atoms with Gasteiger partial charge < -0.3 is 0 Å². The number of fused-ring (bicyclic) bond motifs is 2. The third-order valence-corrected chi connectivity index (χ3v) is 5.05. The van der Waals surface area contributed by atoms with E-state index in [1.807, 2.05) is 17.5 Å². The van der Waals surface area contributed by atoms with E-state index in [0.717, 1.165) is 9.39 Å². The summed E-state index contributed by atoms with van der Waals surface area (Å²) in [6.07, 6.45) is 3.12. The number of halogens is 2. The third-order valence-electron chi connectivity index (χ3n) is 4.15. The summed E-state index contributed by atoms with van der Waals surface area (Å²) in [4.78, 5) is 9.09. The van der Waals surface area contributed by atoms with Crippen LogP contribution in [0.2, 0.25) is 0 Å². The molecule has 0 aliphatic rings. The summed E-state index contributed by atoms with van der Waals surface area (Å²) in [6.45, 7) is 0. The van der Waals surface area contributed by atoms with Gasteiger partial charge in [-0.3, -0.25) is 4.98 Å². The predicted molar refractivity (Wildman–Crippen MR) is 96.6 cm³/mol. The van der Waals surface area contributed by atoms with E-state index in [0.29, 0.717) is 16.6 Å². The fourth-order valence-corrected chi connectivity index (χ4v) is 3.50. The van der Waals surface area contributed by atoms with Crippen molar-refractivity contribution in [3.05, 3.63) is 71.6 Å². The second kappa shape index (κ2) is 5.85. The largest absolute Gasteiger partial charge is 0.333 e. The number of rotatable bonds is 3. The maximum absolute atomic E-state index is 15.2. The molecule has 0 atom stereocenters. The van der Waals surface area contributed by atoms with Crippen LogP contribution in [0, 0.1) is 0 Å². The van der Waals surface area contributed by atoms with Crippen molar-refractivity contribution in [3.63, 3.8) is 0 Å². The molecular formula is C18H10F2N6S. The van der Waals surface area contributed by atoms with E-state index in [4.69, 9.17) is 0 Å². The minimum absolute atomic E-state index is 0.0208. The van der Waals surface area contributed by atoms with Crippen LogP contribution in [0.15, 0.2) is 60.2 Å². The first kappa shape index (κ1) is 15.9. The highest BCUT2D eigenvalue weighted by Crippen LogP contribution is 2.35. The van der Waals surface area contributed by atoms with E-state index >= 15 is 8.78 Å². The lowest BCUT2D eigenvalue weighted by Gasteiger charge is -2.15. The van der Waals surface area contributed by atoms with Crippen LogP contribution in [0.3, 0.4) is 0 Å². The molecule has 9 heteroatoms. The number of hydrogen-bond acceptors (Lipinski definition) is 6. The number of benzene rings is 1. The van der Waals surface area contributed by atoms with Gasteiger partial charge in [0.25, 0.3) is 5.78 Å². The Morgan fingerprint density at radius 1 is 1.00 bits per heavy atom. The first-order chi connectivity index (χ1) is 13.1. The van der Waals surface area contributed by atoms with E-state index in [9.17, 15) is 0 Å². The number of pyridine rings is 1. The Hall–Kier alpha value is -3.33. The van der Waals surface area contributed by atoms with Crippen LogP contribution in [-0.4, -0.2) is 29.8 Å². The Balaban J connectivity index is 1.67. The van der Waals surface area contributed by atoms with E-state index in [-0.39, 0.29) is 11.3 Å². The predicted octanol–water partition coefficient (Wildman–Crippen LogP) is 3.94. The number of aromatic nitrogens is 6. The Labute approximate surface area is 155 Å². The molecule has 6 nitrogen and oxygen atoms in total. The monoisotopic (exact) mass is 380 g/mol. The van der Waals surface area contributed by atoms with Crippen LogP contribution >= 0.6 is 11.3 Å². The molecule has 1 aromatic carbocycles. The normalized spacial score (nSPS) is 12.1. The maximum Gasteiger partial charge on any atom is 0.333 e. The molecule has 4 heterocycles. The first-order valence-electron chi connectivity index (χ1n) is 7.99. The van der Waals surface area contributed by atoms with Crippen LogP contribution in [0.5, 0.6) is 0 Å². The van der Waals surface area contributed by atoms with Crippen LogP contribution < -0.4 is 0 Å². The molecule has 0 bridgehead atoms. The van der Waals surface area contributed by atoms with Crippen molar-refractivity contribution in [1.29, 1.82) is 0 Å². The van der Waals surface area contributed by atoms with Crippen molar-refractivity contribution >= 4 is 28.0 Å². The molecule has 4 aromatic heterocycles. The van der Waals surface area contributed by atoms with Crippen LogP contribution in [0.1, 0.15) is 11.4 Å². The highest BCUT2D eigenvalue weighted by molar-refractivity contribution is 7.13. The van der Waals surface area contributed by atoms with Gasteiger partial charge in [-0.1, -0.05) is 18.2 Å². The summed E-state index contributed by atoms with van der Waals surface area (Å²) in [5.74, 6) is -3.95. The molecule has 5 aromatic rings. The third kappa shape index (κ3) is 2.55. The van der Waals surface area contributed by atoms with Crippen LogP contribution in [0.4, 0.5) is 8.78 Å². The summed E-state index contributed by atoms with van der Waals surface area (Å²) in [5.41, 5.74) is 0.917. The summed E-state index contributed by atoms with van der Waals surface area (Å²) in [5, 5.41) is 14.2. The fraction of sp³-hybridized carbons (Fsp3) is 0.0556. The van der Waals surface area contributed by atoms with Crippen molar-refractivity contribution in [1.82, 2.24) is 29.8 Å². The fourth-order valence-electron chi connectivity index (χ4n) is 2.83. The minimum Gasteiger partial charge on any atom is -0.256 e. The van der Waals surface area contributed by atoms with E-state index in [2.05, 4.69) is 25.3 Å². The molecule has 0 unspecified atom stereocenters. The highest BCUT2D eigenvalue weighted by Gasteiger charge is 2.40. The molecule has 0 amide bonds. The molecule has 5 rings (SSSR count). The molecular weight excluding hydrogens is 370 g/mol. The van der Waals surface area contributed by atoms with Gasteiger partial charge in [-0.15, -0.1) is 21.5 Å². The van der Waals surface area contributed by atoms with Crippen molar-refractivity contribution in [3.8, 4) is 10.6 Å². The molecule has 0 saturated heterocycles. The maximum atomic E-state index is 15.2. The second-order valence-corrected chi connectivity index (χ2v) is 6.79. The molecule has 0 N–H and O–H groups in total. The van der Waals surface area contributed by atoms with E-state index in [1.54, 1.807) is 24.4 Å². The van der Waals surface area contributed by atoms with Gasteiger partial charge in [0, 0.05) is 17.1 Å². The molecule has 0 aliphatic carbocycles. The second-order valence-electron chi connectivity index (χ2n) is 5.84. The smallest absolute Gasteiger partial charge is 0.256 e. The summed E-state index contributed by atoms with van der Waals surface area (Å²) >= 11 is 1.45. The molecule has 0 aliphatic heterocycles. The van der Waals surface area contributed by atoms with Gasteiger partial charge in [0.15, 0.2) is 0 Å². The van der Waals surface area contributed by atoms with Crippen LogP contribution in [0.25, 0.3) is 27.3 Å². The highest BCUT2D eigenvalue weighted by atomic mass is 32.1. The quantitative estimate of drug-likeness (QED) is 0.474. The zero-order chi connectivity index (χ0) is 18.4. The summed E-state index contributed by atoms with van der Waals surface area (Å²) < 4.78 is 31.5. The number of nitrogens with zero attached hydrogens (tertiary/aromatic N) is 6. The Morgan fingerprint density at radius 2 is 1.93 bits per heavy atom. The van der Waals surface area contributed by atoms with Crippen molar-refractivity contribution in [2.75, 3.05) is 0 Å². The summed E-state index contributed by atoms with van der Waals surface area (Å²) in [6, 6.07) is 11.4. The van der Waals surface area contributed by atoms with Gasteiger partial charge >= 0.3 is 5.92 Å². The molecule has 0 fully saturated rings. The molecule has 27 heavy (non-hydrogen) atoms. The number of hydrogen-bond donors (Lipinski definition) is 0.